The van der Waals surface area contributed by atoms with Crippen LogP contribution in [0.2, 0.25) is 0 Å². The van der Waals surface area contributed by atoms with Crippen LogP contribution in [0.4, 0.5) is 5.69 Å². The van der Waals surface area contributed by atoms with Crippen molar-refractivity contribution < 1.29 is 14.3 Å². The molecule has 4 rings (SSSR count). The van der Waals surface area contributed by atoms with Gasteiger partial charge in [-0.25, -0.2) is 4.98 Å². The van der Waals surface area contributed by atoms with Gasteiger partial charge in [0.2, 0.25) is 0 Å². The summed E-state index contributed by atoms with van der Waals surface area (Å²) in [6.45, 7) is 4.48. The molecule has 2 N–H and O–H groups in total. The van der Waals surface area contributed by atoms with E-state index in [9.17, 15) is 9.59 Å². The summed E-state index contributed by atoms with van der Waals surface area (Å²) in [6.07, 6.45) is 0. The third-order valence-electron chi connectivity index (χ3n) is 4.47. The van der Waals surface area contributed by atoms with Crippen LogP contribution in [0.25, 0.3) is 11.0 Å². The number of benzene rings is 2. The number of carbonyl (C=O) groups excluding carboxylic acids is 2. The lowest BCUT2D eigenvalue weighted by molar-refractivity contribution is -0.118. The summed E-state index contributed by atoms with van der Waals surface area (Å²) in [7, 11) is 0. The van der Waals surface area contributed by atoms with Crippen molar-refractivity contribution in [2.45, 2.75) is 26.4 Å². The van der Waals surface area contributed by atoms with Gasteiger partial charge in [0, 0.05) is 11.6 Å². The summed E-state index contributed by atoms with van der Waals surface area (Å²) >= 11 is 0. The highest BCUT2D eigenvalue weighted by atomic mass is 16.5. The first-order valence-electron chi connectivity index (χ1n) is 8.83. The predicted molar refractivity (Wildman–Crippen MR) is 102 cm³/mol. The van der Waals surface area contributed by atoms with Crippen LogP contribution in [0, 0.1) is 0 Å². The predicted octanol–water partition coefficient (Wildman–Crippen LogP) is 2.88. The zero-order valence-electron chi connectivity index (χ0n) is 15.2. The molecule has 7 heteroatoms. The molecule has 0 unspecified atom stereocenters. The van der Waals surface area contributed by atoms with Crippen molar-refractivity contribution in [3.63, 3.8) is 0 Å². The second-order valence-electron chi connectivity index (χ2n) is 6.71. The fraction of sp³-hybridized carbons (Fsp3) is 0.250. The summed E-state index contributed by atoms with van der Waals surface area (Å²) in [5.41, 5.74) is 2.91. The van der Waals surface area contributed by atoms with Gasteiger partial charge in [0.15, 0.2) is 6.61 Å². The summed E-state index contributed by atoms with van der Waals surface area (Å²) < 4.78 is 7.44. The van der Waals surface area contributed by atoms with Crippen molar-refractivity contribution in [2.24, 2.45) is 0 Å². The number of ether oxygens (including phenoxy) is 1. The van der Waals surface area contributed by atoms with Crippen molar-refractivity contribution in [3.8, 4) is 5.75 Å². The molecular formula is C20H20N4O3. The summed E-state index contributed by atoms with van der Waals surface area (Å²) in [4.78, 5) is 28.7. The molecule has 0 aliphatic carbocycles. The van der Waals surface area contributed by atoms with E-state index in [0.29, 0.717) is 23.5 Å². The quantitative estimate of drug-likeness (QED) is 0.745. The standard InChI is InChI=1S/C20H20N4O3/c1-12(2)24-16-6-4-3-5-14(16)22-18(24)10-21-20(26)13-7-8-17-15(9-13)23-19(25)11-27-17/h3-9,12H,10-11H2,1-2H3,(H,21,26)(H,23,25). The topological polar surface area (TPSA) is 85.2 Å². The second-order valence-corrected chi connectivity index (χ2v) is 6.71. The lowest BCUT2D eigenvalue weighted by Crippen LogP contribution is -2.27. The lowest BCUT2D eigenvalue weighted by Gasteiger charge is -2.18. The van der Waals surface area contributed by atoms with E-state index in [1.54, 1.807) is 18.2 Å². The summed E-state index contributed by atoms with van der Waals surface area (Å²) in [5.74, 6) is 0.896. The van der Waals surface area contributed by atoms with Gasteiger partial charge in [-0.1, -0.05) is 12.1 Å². The molecular weight excluding hydrogens is 344 g/mol. The highest BCUT2D eigenvalue weighted by Crippen LogP contribution is 2.28. The monoisotopic (exact) mass is 364 g/mol. The summed E-state index contributed by atoms with van der Waals surface area (Å²) in [6, 6.07) is 13.1. The minimum atomic E-state index is -0.236. The Labute approximate surface area is 156 Å². The molecule has 0 saturated heterocycles. The van der Waals surface area contributed by atoms with E-state index in [-0.39, 0.29) is 24.5 Å². The zero-order valence-corrected chi connectivity index (χ0v) is 15.2. The van der Waals surface area contributed by atoms with Crippen LogP contribution >= 0.6 is 0 Å². The van der Waals surface area contributed by atoms with Crippen molar-refractivity contribution >= 4 is 28.5 Å². The van der Waals surface area contributed by atoms with E-state index < -0.39 is 0 Å². The number of fused-ring (bicyclic) bond motifs is 2. The van der Waals surface area contributed by atoms with Crippen LogP contribution in [-0.4, -0.2) is 28.0 Å². The van der Waals surface area contributed by atoms with Gasteiger partial charge in [0.25, 0.3) is 11.8 Å². The fourth-order valence-corrected chi connectivity index (χ4v) is 3.28. The largest absolute Gasteiger partial charge is 0.482 e. The van der Waals surface area contributed by atoms with Crippen molar-refractivity contribution in [3.05, 3.63) is 53.9 Å². The van der Waals surface area contributed by atoms with Gasteiger partial charge in [-0.05, 0) is 44.2 Å². The van der Waals surface area contributed by atoms with E-state index in [1.165, 1.54) is 0 Å². The molecule has 2 amide bonds. The van der Waals surface area contributed by atoms with Crippen LogP contribution in [0.15, 0.2) is 42.5 Å². The normalized spacial score (nSPS) is 13.2. The van der Waals surface area contributed by atoms with Crippen LogP contribution in [-0.2, 0) is 11.3 Å². The molecule has 2 heterocycles. The molecule has 3 aromatic rings. The van der Waals surface area contributed by atoms with Crippen molar-refractivity contribution in [1.29, 1.82) is 0 Å². The van der Waals surface area contributed by atoms with Gasteiger partial charge in [-0.2, -0.15) is 0 Å². The Bertz CT molecular complexity index is 1040. The second kappa shape index (κ2) is 6.75. The van der Waals surface area contributed by atoms with Gasteiger partial charge in [0.05, 0.1) is 23.3 Å². The van der Waals surface area contributed by atoms with Crippen LogP contribution in [0.5, 0.6) is 5.75 Å². The number of rotatable bonds is 4. The minimum Gasteiger partial charge on any atom is -0.482 e. The Morgan fingerprint density at radius 2 is 2.11 bits per heavy atom. The molecule has 1 aliphatic heterocycles. The van der Waals surface area contributed by atoms with E-state index in [1.807, 2.05) is 24.3 Å². The molecule has 2 aromatic carbocycles. The molecule has 0 spiro atoms. The molecule has 0 saturated carbocycles. The smallest absolute Gasteiger partial charge is 0.262 e. The third-order valence-corrected chi connectivity index (χ3v) is 4.47. The first kappa shape index (κ1) is 17.1. The maximum atomic E-state index is 12.6. The molecule has 0 fully saturated rings. The number of carbonyl (C=O) groups is 2. The number of imidazole rings is 1. The molecule has 0 atom stereocenters. The number of amides is 2. The molecule has 0 bridgehead atoms. The van der Waals surface area contributed by atoms with Gasteiger partial charge < -0.3 is 19.9 Å². The minimum absolute atomic E-state index is 0.00996. The van der Waals surface area contributed by atoms with Crippen molar-refractivity contribution in [2.75, 3.05) is 11.9 Å². The van der Waals surface area contributed by atoms with Gasteiger partial charge in [-0.15, -0.1) is 0 Å². The maximum Gasteiger partial charge on any atom is 0.262 e. The average molecular weight is 364 g/mol. The molecule has 1 aliphatic rings. The highest BCUT2D eigenvalue weighted by molar-refractivity contribution is 5.99. The van der Waals surface area contributed by atoms with E-state index in [4.69, 9.17) is 4.74 Å². The number of nitrogens with one attached hydrogen (secondary N) is 2. The Hall–Kier alpha value is -3.35. The number of hydrogen-bond donors (Lipinski definition) is 2. The first-order chi connectivity index (χ1) is 13.0. The number of aromatic nitrogens is 2. The summed E-state index contributed by atoms with van der Waals surface area (Å²) in [5, 5.41) is 5.62. The Morgan fingerprint density at radius 1 is 1.30 bits per heavy atom. The first-order valence-corrected chi connectivity index (χ1v) is 8.83. The highest BCUT2D eigenvalue weighted by Gasteiger charge is 2.19. The van der Waals surface area contributed by atoms with Crippen molar-refractivity contribution in [1.82, 2.24) is 14.9 Å². The number of nitrogens with zero attached hydrogens (tertiary/aromatic N) is 2. The molecule has 0 radical (unpaired) electrons. The SMILES string of the molecule is CC(C)n1c(CNC(=O)c2ccc3c(c2)NC(=O)CO3)nc2ccccc21. The number of anilines is 1. The Kier molecular flexibility index (Phi) is 4.27. The number of para-hydroxylation sites is 2. The lowest BCUT2D eigenvalue weighted by atomic mass is 10.1. The van der Waals surface area contributed by atoms with Crippen LogP contribution < -0.4 is 15.4 Å². The van der Waals surface area contributed by atoms with E-state index >= 15 is 0 Å². The van der Waals surface area contributed by atoms with Gasteiger partial charge in [-0.3, -0.25) is 9.59 Å². The molecule has 27 heavy (non-hydrogen) atoms. The average Bonchev–Trinajstić information content (AvgIpc) is 3.04. The zero-order chi connectivity index (χ0) is 19.0. The van der Waals surface area contributed by atoms with Gasteiger partial charge >= 0.3 is 0 Å². The van der Waals surface area contributed by atoms with E-state index in [0.717, 1.165) is 16.9 Å². The van der Waals surface area contributed by atoms with Crippen LogP contribution in [0.1, 0.15) is 36.1 Å². The third kappa shape index (κ3) is 3.23. The van der Waals surface area contributed by atoms with E-state index in [2.05, 4.69) is 34.0 Å². The molecule has 1 aromatic heterocycles. The Balaban J connectivity index is 1.55. The maximum absolute atomic E-state index is 12.6. The molecule has 138 valence electrons. The fourth-order valence-electron chi connectivity index (χ4n) is 3.28. The van der Waals surface area contributed by atoms with Gasteiger partial charge in [0.1, 0.15) is 11.6 Å². The molecule has 7 nitrogen and oxygen atoms in total. The number of hydrogen-bond acceptors (Lipinski definition) is 4. The Morgan fingerprint density at radius 3 is 2.93 bits per heavy atom. The van der Waals surface area contributed by atoms with Crippen LogP contribution in [0.3, 0.4) is 0 Å².